The van der Waals surface area contributed by atoms with Gasteiger partial charge in [-0.1, -0.05) is 11.6 Å². The van der Waals surface area contributed by atoms with E-state index in [0.717, 1.165) is 5.56 Å². The lowest BCUT2D eigenvalue weighted by atomic mass is 9.99. The number of hydrogen-bond donors (Lipinski definition) is 1. The van der Waals surface area contributed by atoms with Crippen LogP contribution in [-0.4, -0.2) is 50.9 Å². The lowest BCUT2D eigenvalue weighted by molar-refractivity contribution is -0.120. The van der Waals surface area contributed by atoms with Gasteiger partial charge in [-0.3, -0.25) is 4.79 Å². The number of rotatable bonds is 7. The molecule has 0 bridgehead atoms. The molecule has 8 nitrogen and oxygen atoms in total. The van der Waals surface area contributed by atoms with Crippen molar-refractivity contribution in [1.82, 2.24) is 9.29 Å². The lowest BCUT2D eigenvalue weighted by Crippen LogP contribution is -2.43. The molecule has 1 unspecified atom stereocenters. The van der Waals surface area contributed by atoms with E-state index in [2.05, 4.69) is 10.3 Å². The summed E-state index contributed by atoms with van der Waals surface area (Å²) < 4.78 is 38.1. The van der Waals surface area contributed by atoms with E-state index in [1.807, 2.05) is 17.5 Å². The minimum Gasteiger partial charge on any atom is -0.497 e. The first kappa shape index (κ1) is 24.5. The van der Waals surface area contributed by atoms with E-state index >= 15 is 0 Å². The Kier molecular flexibility index (Phi) is 7.42. The van der Waals surface area contributed by atoms with Crippen molar-refractivity contribution in [2.45, 2.75) is 17.7 Å². The number of methoxy groups -OCH3 is 2. The molecule has 1 N–H and O–H groups in total. The van der Waals surface area contributed by atoms with Crippen molar-refractivity contribution in [2.75, 3.05) is 32.6 Å². The van der Waals surface area contributed by atoms with Gasteiger partial charge >= 0.3 is 0 Å². The third-order valence-electron chi connectivity index (χ3n) is 5.63. The highest BCUT2D eigenvalue weighted by atomic mass is 35.5. The Morgan fingerprint density at radius 1 is 1.18 bits per heavy atom. The molecular formula is C23H24ClN3O5S2. The molecule has 2 heterocycles. The minimum atomic E-state index is -3.71. The zero-order valence-electron chi connectivity index (χ0n) is 18.7. The standard InChI is InChI=1S/C23H24ClN3O5S2/c1-31-17-7-10-19(21(12-17)32-2)20-14-33-23(25-20)26-22(28)15-4-3-11-27(13-15)34(29,30)18-8-5-16(24)6-9-18/h5-10,12,14-15H,3-4,11,13H2,1-2H3,(H,25,26,28). The molecule has 0 radical (unpaired) electrons. The molecule has 1 amide bonds. The van der Waals surface area contributed by atoms with Gasteiger partial charge in [0.25, 0.3) is 0 Å². The second-order valence-corrected chi connectivity index (χ2v) is 11.0. The van der Waals surface area contributed by atoms with Crippen LogP contribution in [0.3, 0.4) is 0 Å². The molecule has 0 saturated carbocycles. The van der Waals surface area contributed by atoms with Gasteiger partial charge in [-0.2, -0.15) is 4.31 Å². The Balaban J connectivity index is 1.45. The van der Waals surface area contributed by atoms with Crippen molar-refractivity contribution in [1.29, 1.82) is 0 Å². The van der Waals surface area contributed by atoms with Crippen molar-refractivity contribution in [2.24, 2.45) is 5.92 Å². The van der Waals surface area contributed by atoms with Gasteiger partial charge in [-0.05, 0) is 49.2 Å². The maximum absolute atomic E-state index is 13.0. The summed E-state index contributed by atoms with van der Waals surface area (Å²) in [5.41, 5.74) is 1.44. The highest BCUT2D eigenvalue weighted by Gasteiger charge is 2.33. The largest absolute Gasteiger partial charge is 0.497 e. The summed E-state index contributed by atoms with van der Waals surface area (Å²) in [4.78, 5) is 17.6. The molecule has 1 aromatic heterocycles. The molecule has 2 aromatic carbocycles. The summed E-state index contributed by atoms with van der Waals surface area (Å²) in [5.74, 6) is 0.551. The Bertz CT molecular complexity index is 1280. The SMILES string of the molecule is COc1ccc(-c2csc(NC(=O)C3CCCN(S(=O)(=O)c4ccc(Cl)cc4)C3)n2)c(OC)c1. The molecule has 0 aliphatic carbocycles. The number of benzene rings is 2. The Hall–Kier alpha value is -2.66. The number of ether oxygens (including phenoxy) is 2. The van der Waals surface area contributed by atoms with Crippen LogP contribution < -0.4 is 14.8 Å². The Morgan fingerprint density at radius 2 is 1.94 bits per heavy atom. The average Bonchev–Trinajstić information content (AvgIpc) is 3.32. The van der Waals surface area contributed by atoms with Crippen LogP contribution in [-0.2, 0) is 14.8 Å². The summed E-state index contributed by atoms with van der Waals surface area (Å²) in [7, 11) is -0.555. The molecule has 11 heteroatoms. The fraction of sp³-hybridized carbons (Fsp3) is 0.304. The van der Waals surface area contributed by atoms with Gasteiger partial charge in [0.1, 0.15) is 11.5 Å². The summed E-state index contributed by atoms with van der Waals surface area (Å²) in [6.07, 6.45) is 1.19. The summed E-state index contributed by atoms with van der Waals surface area (Å²) >= 11 is 7.18. The molecule has 1 aliphatic rings. The maximum atomic E-state index is 13.0. The molecule has 180 valence electrons. The third kappa shape index (κ3) is 5.20. The number of thiazole rings is 1. The average molecular weight is 522 g/mol. The van der Waals surface area contributed by atoms with Crippen molar-refractivity contribution < 1.29 is 22.7 Å². The molecular weight excluding hydrogens is 498 g/mol. The van der Waals surface area contributed by atoms with E-state index in [-0.39, 0.29) is 17.3 Å². The first-order chi connectivity index (χ1) is 16.3. The fourth-order valence-electron chi connectivity index (χ4n) is 3.80. The van der Waals surface area contributed by atoms with Gasteiger partial charge in [0, 0.05) is 35.1 Å². The molecule has 3 aromatic rings. The first-order valence-corrected chi connectivity index (χ1v) is 13.3. The maximum Gasteiger partial charge on any atom is 0.243 e. The second-order valence-electron chi connectivity index (χ2n) is 7.75. The van der Waals surface area contributed by atoms with Crippen LogP contribution in [0.2, 0.25) is 5.02 Å². The smallest absolute Gasteiger partial charge is 0.243 e. The number of sulfonamides is 1. The zero-order chi connectivity index (χ0) is 24.3. The monoisotopic (exact) mass is 521 g/mol. The number of aromatic nitrogens is 1. The van der Waals surface area contributed by atoms with Crippen molar-refractivity contribution >= 4 is 44.0 Å². The number of amides is 1. The molecule has 34 heavy (non-hydrogen) atoms. The molecule has 4 rings (SSSR count). The van der Waals surface area contributed by atoms with Gasteiger partial charge in [-0.15, -0.1) is 11.3 Å². The second kappa shape index (κ2) is 10.3. The number of nitrogens with one attached hydrogen (secondary N) is 1. The van der Waals surface area contributed by atoms with Gasteiger partial charge in [-0.25, -0.2) is 13.4 Å². The van der Waals surface area contributed by atoms with E-state index in [9.17, 15) is 13.2 Å². The molecule has 1 atom stereocenters. The lowest BCUT2D eigenvalue weighted by Gasteiger charge is -2.31. The molecule has 0 spiro atoms. The van der Waals surface area contributed by atoms with Crippen molar-refractivity contribution in [3.63, 3.8) is 0 Å². The van der Waals surface area contributed by atoms with Crippen LogP contribution in [0.15, 0.2) is 52.7 Å². The van der Waals surface area contributed by atoms with Gasteiger partial charge in [0.05, 0.1) is 30.7 Å². The number of anilines is 1. The molecule has 1 aliphatic heterocycles. The fourth-order valence-corrected chi connectivity index (χ4v) is 6.17. The van der Waals surface area contributed by atoms with E-state index in [0.29, 0.717) is 46.7 Å². The predicted octanol–water partition coefficient (Wildman–Crippen LogP) is 4.52. The Morgan fingerprint density at radius 3 is 2.65 bits per heavy atom. The van der Waals surface area contributed by atoms with Crippen LogP contribution in [0.25, 0.3) is 11.3 Å². The quantitative estimate of drug-likeness (QED) is 0.491. The summed E-state index contributed by atoms with van der Waals surface area (Å²) in [6.45, 7) is 0.481. The van der Waals surface area contributed by atoms with Crippen LogP contribution in [0.1, 0.15) is 12.8 Å². The van der Waals surface area contributed by atoms with Crippen LogP contribution >= 0.6 is 22.9 Å². The summed E-state index contributed by atoms with van der Waals surface area (Å²) in [6, 6.07) is 11.5. The number of hydrogen-bond acceptors (Lipinski definition) is 7. The van der Waals surface area contributed by atoms with E-state index in [1.54, 1.807) is 32.4 Å². The first-order valence-electron chi connectivity index (χ1n) is 10.6. The van der Waals surface area contributed by atoms with Crippen molar-refractivity contribution in [3.8, 4) is 22.8 Å². The number of carbonyl (C=O) groups excluding carboxylic acids is 1. The molecule has 1 saturated heterocycles. The number of carbonyl (C=O) groups is 1. The third-order valence-corrected chi connectivity index (χ3v) is 8.51. The topological polar surface area (TPSA) is 97.8 Å². The number of piperidine rings is 1. The number of nitrogens with zero attached hydrogens (tertiary/aromatic N) is 2. The van der Waals surface area contributed by atoms with Crippen LogP contribution in [0.5, 0.6) is 11.5 Å². The van der Waals surface area contributed by atoms with E-state index in [1.165, 1.54) is 27.8 Å². The summed E-state index contributed by atoms with van der Waals surface area (Å²) in [5, 5.41) is 5.58. The van der Waals surface area contributed by atoms with Crippen LogP contribution in [0, 0.1) is 5.92 Å². The van der Waals surface area contributed by atoms with Gasteiger partial charge < -0.3 is 14.8 Å². The highest BCUT2D eigenvalue weighted by molar-refractivity contribution is 7.89. The van der Waals surface area contributed by atoms with Crippen LogP contribution in [0.4, 0.5) is 5.13 Å². The molecule has 1 fully saturated rings. The number of halogens is 1. The van der Waals surface area contributed by atoms with E-state index in [4.69, 9.17) is 21.1 Å². The van der Waals surface area contributed by atoms with E-state index < -0.39 is 15.9 Å². The zero-order valence-corrected chi connectivity index (χ0v) is 21.0. The van der Waals surface area contributed by atoms with Crippen molar-refractivity contribution in [3.05, 3.63) is 52.9 Å². The predicted molar refractivity (Wildman–Crippen MR) is 132 cm³/mol. The van der Waals surface area contributed by atoms with Gasteiger partial charge in [0.15, 0.2) is 5.13 Å². The highest BCUT2D eigenvalue weighted by Crippen LogP contribution is 2.35. The normalized spacial score (nSPS) is 16.7. The Labute approximate surface area is 207 Å². The minimum absolute atomic E-state index is 0.112. The van der Waals surface area contributed by atoms with Gasteiger partial charge in [0.2, 0.25) is 15.9 Å².